The molecular formula is C28H38FN3O. The lowest BCUT2D eigenvalue weighted by atomic mass is 9.95. The Hall–Kier alpha value is -2.53. The molecule has 2 atom stereocenters. The van der Waals surface area contributed by atoms with E-state index in [1.54, 1.807) is 12.1 Å². The summed E-state index contributed by atoms with van der Waals surface area (Å²) < 4.78 is 19.2. The molecular weight excluding hydrogens is 413 g/mol. The molecule has 2 aromatic carbocycles. The molecule has 178 valence electrons. The van der Waals surface area contributed by atoms with Crippen molar-refractivity contribution in [2.45, 2.75) is 64.7 Å². The fourth-order valence-corrected chi connectivity index (χ4v) is 4.99. The Kier molecular flexibility index (Phi) is 7.92. The van der Waals surface area contributed by atoms with Crippen molar-refractivity contribution in [2.24, 2.45) is 5.92 Å². The second-order valence-corrected chi connectivity index (χ2v) is 9.91. The summed E-state index contributed by atoms with van der Waals surface area (Å²) in [6.45, 7) is 13.3. The van der Waals surface area contributed by atoms with E-state index < -0.39 is 0 Å². The van der Waals surface area contributed by atoms with Crippen molar-refractivity contribution in [2.75, 3.05) is 19.7 Å². The molecule has 2 fully saturated rings. The molecule has 0 aromatic heterocycles. The van der Waals surface area contributed by atoms with Crippen LogP contribution in [0.1, 0.15) is 50.7 Å². The maximum absolute atomic E-state index is 13.5. The Morgan fingerprint density at radius 2 is 1.82 bits per heavy atom. The van der Waals surface area contributed by atoms with Gasteiger partial charge in [0, 0.05) is 31.7 Å². The number of hydrogen-bond acceptors (Lipinski definition) is 4. The van der Waals surface area contributed by atoms with Crippen LogP contribution in [-0.4, -0.2) is 41.6 Å². The summed E-state index contributed by atoms with van der Waals surface area (Å²) in [7, 11) is 0. The molecule has 2 aliphatic rings. The van der Waals surface area contributed by atoms with E-state index in [-0.39, 0.29) is 5.82 Å². The van der Waals surface area contributed by atoms with E-state index in [4.69, 9.17) is 4.74 Å². The van der Waals surface area contributed by atoms with Gasteiger partial charge < -0.3 is 19.9 Å². The average Bonchev–Trinajstić information content (AvgIpc) is 3.29. The third kappa shape index (κ3) is 6.50. The van der Waals surface area contributed by atoms with Crippen molar-refractivity contribution in [3.63, 3.8) is 0 Å². The number of nitrogens with one attached hydrogen (secondary N) is 1. The molecule has 0 amide bonds. The molecule has 0 unspecified atom stereocenters. The summed E-state index contributed by atoms with van der Waals surface area (Å²) in [4.78, 5) is 5.05. The Bertz CT molecular complexity index is 896. The molecule has 5 heteroatoms. The van der Waals surface area contributed by atoms with E-state index in [9.17, 15) is 4.39 Å². The molecule has 1 N–H and O–H groups in total. The summed E-state index contributed by atoms with van der Waals surface area (Å²) >= 11 is 0. The molecule has 2 saturated heterocycles. The fourth-order valence-electron chi connectivity index (χ4n) is 4.99. The van der Waals surface area contributed by atoms with Gasteiger partial charge in [0.1, 0.15) is 11.6 Å². The van der Waals surface area contributed by atoms with Crippen LogP contribution < -0.4 is 10.1 Å². The Morgan fingerprint density at radius 3 is 2.55 bits per heavy atom. The minimum Gasteiger partial charge on any atom is -0.493 e. The highest BCUT2D eigenvalue weighted by atomic mass is 19.1. The highest BCUT2D eigenvalue weighted by molar-refractivity contribution is 5.27. The number of benzene rings is 2. The number of nitrogens with zero attached hydrogens (tertiary/aromatic N) is 2. The first-order valence-electron chi connectivity index (χ1n) is 12.4. The lowest BCUT2D eigenvalue weighted by molar-refractivity contribution is 0.0998. The van der Waals surface area contributed by atoms with Gasteiger partial charge in [0.2, 0.25) is 0 Å². The molecule has 4 nitrogen and oxygen atoms in total. The first-order chi connectivity index (χ1) is 16.0. The molecule has 0 bridgehead atoms. The number of hydrogen-bond donors (Lipinski definition) is 1. The second-order valence-electron chi connectivity index (χ2n) is 9.91. The summed E-state index contributed by atoms with van der Waals surface area (Å²) in [5.41, 5.74) is 2.31. The van der Waals surface area contributed by atoms with Crippen LogP contribution in [-0.2, 0) is 13.1 Å². The first-order valence-corrected chi connectivity index (χ1v) is 12.4. The molecule has 4 rings (SSSR count). The summed E-state index contributed by atoms with van der Waals surface area (Å²) in [6, 6.07) is 16.3. The van der Waals surface area contributed by atoms with Gasteiger partial charge in [0.25, 0.3) is 0 Å². The first kappa shape index (κ1) is 23.6. The maximum atomic E-state index is 13.5. The van der Waals surface area contributed by atoms with Crippen molar-refractivity contribution in [1.82, 2.24) is 15.1 Å². The predicted octanol–water partition coefficient (Wildman–Crippen LogP) is 5.55. The van der Waals surface area contributed by atoms with Crippen molar-refractivity contribution in [3.8, 4) is 5.75 Å². The zero-order valence-electron chi connectivity index (χ0n) is 20.1. The lowest BCUT2D eigenvalue weighted by Gasteiger charge is -2.42. The van der Waals surface area contributed by atoms with Crippen LogP contribution in [0.5, 0.6) is 5.75 Å². The molecule has 0 radical (unpaired) electrons. The molecule has 0 aliphatic carbocycles. The van der Waals surface area contributed by atoms with Gasteiger partial charge in [0.05, 0.1) is 12.4 Å². The molecule has 0 saturated carbocycles. The maximum Gasteiger partial charge on any atom is 0.123 e. The van der Waals surface area contributed by atoms with Crippen molar-refractivity contribution >= 4 is 0 Å². The summed E-state index contributed by atoms with van der Waals surface area (Å²) in [6.07, 6.45) is 4.92. The molecule has 2 aromatic rings. The van der Waals surface area contributed by atoms with Gasteiger partial charge in [0.15, 0.2) is 0 Å². The largest absolute Gasteiger partial charge is 0.493 e. The minimum absolute atomic E-state index is 0.192. The molecule has 0 spiro atoms. The highest BCUT2D eigenvalue weighted by Crippen LogP contribution is 2.31. The van der Waals surface area contributed by atoms with Gasteiger partial charge >= 0.3 is 0 Å². The van der Waals surface area contributed by atoms with E-state index in [0.29, 0.717) is 24.5 Å². The smallest absolute Gasteiger partial charge is 0.123 e. The average molecular weight is 452 g/mol. The predicted molar refractivity (Wildman–Crippen MR) is 132 cm³/mol. The topological polar surface area (TPSA) is 27.7 Å². The standard InChI is InChI=1S/C28H38FN3O/c1-21(2)20-33-28-12-8-23(9-13-28)18-30-22(3)32(19-24-6-10-25(29)11-7-24)27-14-16-31-15-4-5-26(31)17-27/h6-13,21,26-27,30H,3-5,14-20H2,1-2H3/t26-,27+/m1/s1. The van der Waals surface area contributed by atoms with E-state index >= 15 is 0 Å². The Balaban J connectivity index is 1.39. The normalized spacial score (nSPS) is 20.5. The van der Waals surface area contributed by atoms with E-state index in [2.05, 4.69) is 47.7 Å². The third-order valence-electron chi connectivity index (χ3n) is 6.85. The lowest BCUT2D eigenvalue weighted by Crippen LogP contribution is -2.48. The van der Waals surface area contributed by atoms with Crippen LogP contribution in [0.2, 0.25) is 0 Å². The number of rotatable bonds is 10. The number of fused-ring (bicyclic) bond motifs is 1. The van der Waals surface area contributed by atoms with E-state index in [1.165, 1.54) is 31.4 Å². The molecule has 2 aliphatic heterocycles. The van der Waals surface area contributed by atoms with Crippen LogP contribution in [0.25, 0.3) is 0 Å². The quantitative estimate of drug-likeness (QED) is 0.513. The van der Waals surface area contributed by atoms with Crippen LogP contribution in [0.3, 0.4) is 0 Å². The van der Waals surface area contributed by atoms with Gasteiger partial charge in [-0.2, -0.15) is 0 Å². The zero-order valence-corrected chi connectivity index (χ0v) is 20.1. The van der Waals surface area contributed by atoms with Crippen LogP contribution >= 0.6 is 0 Å². The van der Waals surface area contributed by atoms with Gasteiger partial charge in [-0.1, -0.05) is 44.7 Å². The van der Waals surface area contributed by atoms with Crippen molar-refractivity contribution in [3.05, 3.63) is 77.9 Å². The highest BCUT2D eigenvalue weighted by Gasteiger charge is 2.34. The van der Waals surface area contributed by atoms with Crippen LogP contribution in [0.15, 0.2) is 60.9 Å². The zero-order chi connectivity index (χ0) is 23.2. The number of piperidine rings is 1. The van der Waals surface area contributed by atoms with Crippen molar-refractivity contribution < 1.29 is 9.13 Å². The Morgan fingerprint density at radius 1 is 1.09 bits per heavy atom. The van der Waals surface area contributed by atoms with Crippen molar-refractivity contribution in [1.29, 1.82) is 0 Å². The Labute approximate surface area is 198 Å². The van der Waals surface area contributed by atoms with Crippen LogP contribution in [0.4, 0.5) is 4.39 Å². The second kappa shape index (κ2) is 11.1. The van der Waals surface area contributed by atoms with Gasteiger partial charge in [-0.3, -0.25) is 0 Å². The van der Waals surface area contributed by atoms with E-state index in [1.807, 2.05) is 24.3 Å². The monoisotopic (exact) mass is 451 g/mol. The SMILES string of the molecule is C=C(NCc1ccc(OCC(C)C)cc1)N(Cc1ccc(F)cc1)[C@H]1CCN2CCC[C@@H]2C1. The van der Waals surface area contributed by atoms with Gasteiger partial charge in [-0.05, 0) is 73.5 Å². The number of ether oxygens (including phenoxy) is 1. The fraction of sp³-hybridized carbons (Fsp3) is 0.500. The molecule has 33 heavy (non-hydrogen) atoms. The minimum atomic E-state index is -0.192. The molecule has 2 heterocycles. The van der Waals surface area contributed by atoms with Gasteiger partial charge in [-0.15, -0.1) is 0 Å². The summed E-state index contributed by atoms with van der Waals surface area (Å²) in [5, 5.41) is 3.56. The van der Waals surface area contributed by atoms with Gasteiger partial charge in [-0.25, -0.2) is 4.39 Å². The summed E-state index contributed by atoms with van der Waals surface area (Å²) in [5.74, 6) is 2.17. The van der Waals surface area contributed by atoms with E-state index in [0.717, 1.165) is 43.3 Å². The van der Waals surface area contributed by atoms with Crippen LogP contribution in [0, 0.1) is 11.7 Å². The third-order valence-corrected chi connectivity index (χ3v) is 6.85. The number of halogens is 1.